The van der Waals surface area contributed by atoms with Gasteiger partial charge in [0.15, 0.2) is 5.82 Å². The summed E-state index contributed by atoms with van der Waals surface area (Å²) in [6, 6.07) is 7.54. The van der Waals surface area contributed by atoms with E-state index in [0.717, 1.165) is 17.2 Å². The fourth-order valence-electron chi connectivity index (χ4n) is 2.38. The molecule has 0 bridgehead atoms. The van der Waals surface area contributed by atoms with Gasteiger partial charge in [-0.25, -0.2) is 0 Å². The molecule has 0 fully saturated rings. The second kappa shape index (κ2) is 5.51. The number of rotatable bonds is 4. The van der Waals surface area contributed by atoms with Crippen LogP contribution in [-0.2, 0) is 0 Å². The Morgan fingerprint density at radius 1 is 1.05 bits per heavy atom. The number of para-hydroxylation sites is 1. The SMILES string of the molecule is COc1cccc(OC)c1-n1c(C)nnc1-c1cc(C)[nH]n1. The van der Waals surface area contributed by atoms with Gasteiger partial charge in [-0.2, -0.15) is 5.10 Å². The van der Waals surface area contributed by atoms with Crippen LogP contribution in [0.15, 0.2) is 24.3 Å². The van der Waals surface area contributed by atoms with E-state index in [1.807, 2.05) is 42.7 Å². The van der Waals surface area contributed by atoms with Crippen molar-refractivity contribution in [2.45, 2.75) is 13.8 Å². The third-order valence-electron chi connectivity index (χ3n) is 3.39. The molecule has 7 nitrogen and oxygen atoms in total. The van der Waals surface area contributed by atoms with Gasteiger partial charge in [0, 0.05) is 5.69 Å². The van der Waals surface area contributed by atoms with Crippen LogP contribution < -0.4 is 9.47 Å². The molecule has 0 aliphatic heterocycles. The molecule has 0 atom stereocenters. The van der Waals surface area contributed by atoms with Crippen molar-refractivity contribution in [1.29, 1.82) is 0 Å². The second-order valence-electron chi connectivity index (χ2n) is 4.85. The number of nitrogens with zero attached hydrogens (tertiary/aromatic N) is 4. The fourth-order valence-corrected chi connectivity index (χ4v) is 2.38. The summed E-state index contributed by atoms with van der Waals surface area (Å²) in [6.07, 6.45) is 0. The topological polar surface area (TPSA) is 77.9 Å². The van der Waals surface area contributed by atoms with Crippen molar-refractivity contribution < 1.29 is 9.47 Å². The highest BCUT2D eigenvalue weighted by Gasteiger charge is 2.21. The summed E-state index contributed by atoms with van der Waals surface area (Å²) in [4.78, 5) is 0. The molecule has 1 N–H and O–H groups in total. The van der Waals surface area contributed by atoms with E-state index in [1.54, 1.807) is 14.2 Å². The minimum Gasteiger partial charge on any atom is -0.494 e. The Labute approximate surface area is 127 Å². The highest BCUT2D eigenvalue weighted by molar-refractivity contribution is 5.63. The van der Waals surface area contributed by atoms with E-state index in [1.165, 1.54) is 0 Å². The maximum atomic E-state index is 5.48. The zero-order valence-electron chi connectivity index (χ0n) is 12.9. The summed E-state index contributed by atoms with van der Waals surface area (Å²) in [5, 5.41) is 15.6. The van der Waals surface area contributed by atoms with Crippen LogP contribution in [0, 0.1) is 13.8 Å². The Balaban J connectivity index is 2.28. The number of hydrogen-bond acceptors (Lipinski definition) is 5. The minimum atomic E-state index is 0.629. The summed E-state index contributed by atoms with van der Waals surface area (Å²) < 4.78 is 12.8. The Morgan fingerprint density at radius 2 is 1.73 bits per heavy atom. The van der Waals surface area contributed by atoms with E-state index in [2.05, 4.69) is 20.4 Å². The lowest BCUT2D eigenvalue weighted by molar-refractivity contribution is 0.391. The molecule has 0 saturated carbocycles. The largest absolute Gasteiger partial charge is 0.494 e. The molecular formula is C15H17N5O2. The van der Waals surface area contributed by atoms with Gasteiger partial charge >= 0.3 is 0 Å². The van der Waals surface area contributed by atoms with E-state index in [4.69, 9.17) is 9.47 Å². The fraction of sp³-hybridized carbons (Fsp3) is 0.267. The Hall–Kier alpha value is -2.83. The number of aromatic amines is 1. The number of methoxy groups -OCH3 is 2. The standard InChI is InChI=1S/C15H17N5O2/c1-9-8-11(18-16-9)15-19-17-10(2)20(15)14-12(21-3)6-5-7-13(14)22-4/h5-8H,1-4H3,(H,16,18). The third-order valence-corrected chi connectivity index (χ3v) is 3.39. The zero-order valence-corrected chi connectivity index (χ0v) is 12.9. The van der Waals surface area contributed by atoms with Gasteiger partial charge in [0.05, 0.1) is 14.2 Å². The van der Waals surface area contributed by atoms with Crippen molar-refractivity contribution in [1.82, 2.24) is 25.0 Å². The van der Waals surface area contributed by atoms with E-state index >= 15 is 0 Å². The first-order chi connectivity index (χ1) is 10.7. The maximum Gasteiger partial charge on any atom is 0.189 e. The Kier molecular flexibility index (Phi) is 3.54. The molecule has 1 aromatic carbocycles. The molecule has 7 heteroatoms. The molecule has 22 heavy (non-hydrogen) atoms. The first-order valence-corrected chi connectivity index (χ1v) is 6.81. The lowest BCUT2D eigenvalue weighted by Crippen LogP contribution is -2.05. The monoisotopic (exact) mass is 299 g/mol. The number of aryl methyl sites for hydroxylation is 2. The molecule has 0 spiro atoms. The van der Waals surface area contributed by atoms with E-state index in [9.17, 15) is 0 Å². The van der Waals surface area contributed by atoms with E-state index < -0.39 is 0 Å². The number of nitrogens with one attached hydrogen (secondary N) is 1. The smallest absolute Gasteiger partial charge is 0.189 e. The molecule has 3 rings (SSSR count). The van der Waals surface area contributed by atoms with Crippen LogP contribution in [0.1, 0.15) is 11.5 Å². The summed E-state index contributed by atoms with van der Waals surface area (Å²) in [6.45, 7) is 3.82. The third kappa shape index (κ3) is 2.20. The van der Waals surface area contributed by atoms with Gasteiger partial charge in [-0.15, -0.1) is 10.2 Å². The van der Waals surface area contributed by atoms with Gasteiger partial charge < -0.3 is 9.47 Å². The van der Waals surface area contributed by atoms with Crippen LogP contribution in [-0.4, -0.2) is 39.2 Å². The van der Waals surface area contributed by atoms with Crippen molar-refractivity contribution in [3.63, 3.8) is 0 Å². The molecule has 0 saturated heterocycles. The first kappa shape index (κ1) is 14.1. The van der Waals surface area contributed by atoms with Gasteiger partial charge in [0.25, 0.3) is 0 Å². The molecule has 0 aliphatic rings. The van der Waals surface area contributed by atoms with Crippen molar-refractivity contribution in [3.8, 4) is 28.7 Å². The minimum absolute atomic E-state index is 0.629. The molecule has 2 aromatic heterocycles. The van der Waals surface area contributed by atoms with E-state index in [0.29, 0.717) is 23.0 Å². The zero-order chi connectivity index (χ0) is 15.7. The van der Waals surface area contributed by atoms with Crippen molar-refractivity contribution in [2.75, 3.05) is 14.2 Å². The summed E-state index contributed by atoms with van der Waals surface area (Å²) in [5.74, 6) is 2.70. The van der Waals surface area contributed by atoms with Gasteiger partial charge in [-0.3, -0.25) is 9.67 Å². The normalized spacial score (nSPS) is 10.7. The molecule has 0 amide bonds. The van der Waals surface area contributed by atoms with E-state index in [-0.39, 0.29) is 0 Å². The number of ether oxygens (including phenoxy) is 2. The number of benzene rings is 1. The van der Waals surface area contributed by atoms with Crippen LogP contribution >= 0.6 is 0 Å². The van der Waals surface area contributed by atoms with Gasteiger partial charge in [-0.1, -0.05) is 6.07 Å². The summed E-state index contributed by atoms with van der Waals surface area (Å²) in [5.41, 5.74) is 2.42. The molecule has 2 heterocycles. The average molecular weight is 299 g/mol. The lowest BCUT2D eigenvalue weighted by atomic mass is 10.2. The van der Waals surface area contributed by atoms with Crippen LogP contribution in [0.3, 0.4) is 0 Å². The molecule has 3 aromatic rings. The predicted molar refractivity (Wildman–Crippen MR) is 81.5 cm³/mol. The Morgan fingerprint density at radius 3 is 2.27 bits per heavy atom. The van der Waals surface area contributed by atoms with Crippen LogP contribution in [0.2, 0.25) is 0 Å². The summed E-state index contributed by atoms with van der Waals surface area (Å²) in [7, 11) is 3.24. The number of hydrogen-bond donors (Lipinski definition) is 1. The quantitative estimate of drug-likeness (QED) is 0.799. The first-order valence-electron chi connectivity index (χ1n) is 6.81. The van der Waals surface area contributed by atoms with Gasteiger partial charge in [0.1, 0.15) is 28.7 Å². The number of H-pyrrole nitrogens is 1. The average Bonchev–Trinajstić information content (AvgIpc) is 3.12. The molecule has 0 radical (unpaired) electrons. The van der Waals surface area contributed by atoms with Crippen molar-refractivity contribution in [2.24, 2.45) is 0 Å². The van der Waals surface area contributed by atoms with Crippen LogP contribution in [0.4, 0.5) is 0 Å². The molecule has 114 valence electrons. The van der Waals surface area contributed by atoms with Gasteiger partial charge in [-0.05, 0) is 32.0 Å². The second-order valence-corrected chi connectivity index (χ2v) is 4.85. The predicted octanol–water partition coefficient (Wildman–Crippen LogP) is 2.29. The van der Waals surface area contributed by atoms with Crippen LogP contribution in [0.5, 0.6) is 11.5 Å². The highest BCUT2D eigenvalue weighted by atomic mass is 16.5. The molecule has 0 aliphatic carbocycles. The lowest BCUT2D eigenvalue weighted by Gasteiger charge is -2.15. The van der Waals surface area contributed by atoms with Crippen molar-refractivity contribution >= 4 is 0 Å². The van der Waals surface area contributed by atoms with Crippen molar-refractivity contribution in [3.05, 3.63) is 35.8 Å². The van der Waals surface area contributed by atoms with Crippen LogP contribution in [0.25, 0.3) is 17.2 Å². The van der Waals surface area contributed by atoms with Gasteiger partial charge in [0.2, 0.25) is 0 Å². The highest BCUT2D eigenvalue weighted by Crippen LogP contribution is 2.35. The summed E-state index contributed by atoms with van der Waals surface area (Å²) >= 11 is 0. The number of aromatic nitrogens is 5. The molecular weight excluding hydrogens is 282 g/mol. The maximum absolute atomic E-state index is 5.48. The molecule has 0 unspecified atom stereocenters. The Bertz CT molecular complexity index is 784.